The molecule has 2 rings (SSSR count). The van der Waals surface area contributed by atoms with Gasteiger partial charge < -0.3 is 10.5 Å². The van der Waals surface area contributed by atoms with Crippen LogP contribution in [0.3, 0.4) is 0 Å². The molecule has 1 saturated heterocycles. The lowest BCUT2D eigenvalue weighted by Gasteiger charge is -2.16. The number of rotatable bonds is 4. The Balaban J connectivity index is 2.27. The molecule has 1 aromatic carbocycles. The van der Waals surface area contributed by atoms with Crippen LogP contribution in [0, 0.1) is 5.82 Å². The van der Waals surface area contributed by atoms with Crippen molar-refractivity contribution in [1.29, 1.82) is 0 Å². The minimum Gasteiger partial charge on any atom is -0.432 e. The van der Waals surface area contributed by atoms with Gasteiger partial charge in [0.15, 0.2) is 11.6 Å². The smallest absolute Gasteiger partial charge is 0.387 e. The Labute approximate surface area is 114 Å². The quantitative estimate of drug-likeness (QED) is 0.905. The van der Waals surface area contributed by atoms with Crippen molar-refractivity contribution >= 4 is 10.0 Å². The Morgan fingerprint density at radius 3 is 2.60 bits per heavy atom. The fraction of sp³-hybridized carbons (Fsp3) is 0.455. The van der Waals surface area contributed by atoms with Crippen molar-refractivity contribution in [1.82, 2.24) is 4.31 Å². The van der Waals surface area contributed by atoms with Crippen molar-refractivity contribution in [2.24, 2.45) is 5.73 Å². The normalized spacial score (nSPS) is 20.6. The molecule has 1 fully saturated rings. The van der Waals surface area contributed by atoms with Gasteiger partial charge in [-0.25, -0.2) is 12.8 Å². The van der Waals surface area contributed by atoms with E-state index in [1.165, 1.54) is 0 Å². The number of sulfonamides is 1. The summed E-state index contributed by atoms with van der Waals surface area (Å²) in [6.45, 7) is -2.77. The summed E-state index contributed by atoms with van der Waals surface area (Å²) in [5.74, 6) is -1.85. The van der Waals surface area contributed by atoms with Crippen LogP contribution >= 0.6 is 0 Å². The van der Waals surface area contributed by atoms with E-state index in [1.807, 2.05) is 0 Å². The topological polar surface area (TPSA) is 72.6 Å². The number of halogens is 3. The van der Waals surface area contributed by atoms with E-state index in [0.717, 1.165) is 16.4 Å². The van der Waals surface area contributed by atoms with E-state index in [-0.39, 0.29) is 24.0 Å². The number of hydrogen-bond acceptors (Lipinski definition) is 4. The molecular weight excluding hydrogens is 297 g/mol. The molecule has 112 valence electrons. The van der Waals surface area contributed by atoms with Crippen LogP contribution in [-0.2, 0) is 10.0 Å². The number of alkyl halides is 2. The van der Waals surface area contributed by atoms with Gasteiger partial charge in [0.25, 0.3) is 0 Å². The monoisotopic (exact) mass is 310 g/mol. The van der Waals surface area contributed by atoms with Crippen LogP contribution in [0.4, 0.5) is 13.2 Å². The fourth-order valence-electron chi connectivity index (χ4n) is 1.95. The summed E-state index contributed by atoms with van der Waals surface area (Å²) >= 11 is 0. The van der Waals surface area contributed by atoms with Gasteiger partial charge >= 0.3 is 6.61 Å². The third-order valence-electron chi connectivity index (χ3n) is 2.94. The molecule has 1 aromatic rings. The zero-order valence-corrected chi connectivity index (χ0v) is 11.1. The van der Waals surface area contributed by atoms with E-state index >= 15 is 0 Å². The molecule has 1 heterocycles. The van der Waals surface area contributed by atoms with Crippen LogP contribution in [-0.4, -0.2) is 38.5 Å². The largest absolute Gasteiger partial charge is 0.432 e. The van der Waals surface area contributed by atoms with E-state index in [2.05, 4.69) is 4.74 Å². The lowest BCUT2D eigenvalue weighted by Crippen LogP contribution is -2.32. The first-order valence-corrected chi connectivity index (χ1v) is 7.25. The van der Waals surface area contributed by atoms with E-state index in [0.29, 0.717) is 12.5 Å². The maximum absolute atomic E-state index is 13.5. The zero-order valence-electron chi connectivity index (χ0n) is 10.3. The summed E-state index contributed by atoms with van der Waals surface area (Å²) in [5.41, 5.74) is 5.63. The Morgan fingerprint density at radius 2 is 2.10 bits per heavy atom. The highest BCUT2D eigenvalue weighted by atomic mass is 32.2. The third-order valence-corrected chi connectivity index (χ3v) is 4.81. The second-order valence-electron chi connectivity index (χ2n) is 4.38. The van der Waals surface area contributed by atoms with E-state index < -0.39 is 28.2 Å². The van der Waals surface area contributed by atoms with Gasteiger partial charge in [-0.3, -0.25) is 0 Å². The summed E-state index contributed by atoms with van der Waals surface area (Å²) in [6, 6.07) is 2.30. The Bertz CT molecular complexity index is 595. The van der Waals surface area contributed by atoms with Crippen molar-refractivity contribution in [3.63, 3.8) is 0 Å². The van der Waals surface area contributed by atoms with Crippen molar-refractivity contribution in [2.45, 2.75) is 24.0 Å². The molecule has 0 spiro atoms. The predicted molar refractivity (Wildman–Crippen MR) is 64.4 cm³/mol. The minimum atomic E-state index is -3.87. The zero-order chi connectivity index (χ0) is 14.9. The fourth-order valence-corrected chi connectivity index (χ4v) is 3.48. The Hall–Kier alpha value is -1.32. The molecule has 0 aromatic heterocycles. The SMILES string of the molecule is N[C@H]1CCN(S(=O)(=O)c2ccc(OC(F)F)c(F)c2)C1. The van der Waals surface area contributed by atoms with Crippen molar-refractivity contribution in [2.75, 3.05) is 13.1 Å². The van der Waals surface area contributed by atoms with Gasteiger partial charge in [-0.2, -0.15) is 13.1 Å². The predicted octanol–water partition coefficient (Wildman–Crippen LogP) is 1.15. The molecule has 9 heteroatoms. The van der Waals surface area contributed by atoms with Crippen LogP contribution in [0.25, 0.3) is 0 Å². The molecule has 0 aliphatic carbocycles. The summed E-state index contributed by atoms with van der Waals surface area (Å²) in [4.78, 5) is -0.314. The van der Waals surface area contributed by atoms with Gasteiger partial charge in [0.05, 0.1) is 4.90 Å². The van der Waals surface area contributed by atoms with Crippen molar-refractivity contribution in [3.05, 3.63) is 24.0 Å². The van der Waals surface area contributed by atoms with E-state index in [1.54, 1.807) is 0 Å². The first kappa shape index (κ1) is 15.1. The van der Waals surface area contributed by atoms with Crippen molar-refractivity contribution < 1.29 is 26.3 Å². The van der Waals surface area contributed by atoms with Gasteiger partial charge in [0, 0.05) is 19.1 Å². The molecule has 0 bridgehead atoms. The highest BCUT2D eigenvalue weighted by molar-refractivity contribution is 7.89. The highest BCUT2D eigenvalue weighted by Crippen LogP contribution is 2.26. The second kappa shape index (κ2) is 5.58. The lowest BCUT2D eigenvalue weighted by molar-refractivity contribution is -0.0522. The molecule has 1 atom stereocenters. The molecule has 5 nitrogen and oxygen atoms in total. The standard InChI is InChI=1S/C11H13F3N2O3S/c12-9-5-8(1-2-10(9)19-11(13)14)20(17,18)16-4-3-7(15)6-16/h1-2,5,7,11H,3-4,6,15H2/t7-/m0/s1. The van der Waals surface area contributed by atoms with Gasteiger partial charge in [-0.15, -0.1) is 0 Å². The Morgan fingerprint density at radius 1 is 1.40 bits per heavy atom. The van der Waals surface area contributed by atoms with Crippen LogP contribution in [0.2, 0.25) is 0 Å². The van der Waals surface area contributed by atoms with Crippen LogP contribution in [0.1, 0.15) is 6.42 Å². The first-order chi connectivity index (χ1) is 9.30. The number of benzene rings is 1. The lowest BCUT2D eigenvalue weighted by atomic mass is 10.3. The number of nitrogens with zero attached hydrogens (tertiary/aromatic N) is 1. The van der Waals surface area contributed by atoms with Crippen molar-refractivity contribution in [3.8, 4) is 5.75 Å². The minimum absolute atomic E-state index is 0.152. The second-order valence-corrected chi connectivity index (χ2v) is 6.32. The number of hydrogen-bond donors (Lipinski definition) is 1. The van der Waals surface area contributed by atoms with Gasteiger partial charge in [0.2, 0.25) is 10.0 Å². The third kappa shape index (κ3) is 3.05. The van der Waals surface area contributed by atoms with E-state index in [9.17, 15) is 21.6 Å². The summed E-state index contributed by atoms with van der Waals surface area (Å²) < 4.78 is 66.9. The summed E-state index contributed by atoms with van der Waals surface area (Å²) in [6.07, 6.45) is 0.522. The van der Waals surface area contributed by atoms with Crippen LogP contribution in [0.15, 0.2) is 23.1 Å². The molecule has 1 aliphatic rings. The maximum atomic E-state index is 13.5. The first-order valence-electron chi connectivity index (χ1n) is 5.81. The number of ether oxygens (including phenoxy) is 1. The molecule has 0 radical (unpaired) electrons. The number of nitrogens with two attached hydrogens (primary N) is 1. The average molecular weight is 310 g/mol. The molecule has 20 heavy (non-hydrogen) atoms. The van der Waals surface area contributed by atoms with Gasteiger partial charge in [-0.1, -0.05) is 0 Å². The molecular formula is C11H13F3N2O3S. The molecule has 0 unspecified atom stereocenters. The van der Waals surface area contributed by atoms with Gasteiger partial charge in [-0.05, 0) is 24.6 Å². The summed E-state index contributed by atoms with van der Waals surface area (Å²) in [7, 11) is -3.87. The average Bonchev–Trinajstić information content (AvgIpc) is 2.78. The van der Waals surface area contributed by atoms with E-state index in [4.69, 9.17) is 5.73 Å². The molecule has 0 amide bonds. The summed E-state index contributed by atoms with van der Waals surface area (Å²) in [5, 5.41) is 0. The molecule has 1 aliphatic heterocycles. The molecule has 2 N–H and O–H groups in total. The van der Waals surface area contributed by atoms with Crippen LogP contribution < -0.4 is 10.5 Å². The Kier molecular flexibility index (Phi) is 4.21. The van der Waals surface area contributed by atoms with Gasteiger partial charge in [0.1, 0.15) is 0 Å². The molecule has 0 saturated carbocycles. The van der Waals surface area contributed by atoms with Crippen LogP contribution in [0.5, 0.6) is 5.75 Å². The highest BCUT2D eigenvalue weighted by Gasteiger charge is 2.31. The maximum Gasteiger partial charge on any atom is 0.387 e.